The van der Waals surface area contributed by atoms with Crippen LogP contribution in [0.1, 0.15) is 27.6 Å². The molecule has 0 atom stereocenters. The normalized spacial score (nSPS) is 9.80. The average molecular weight is 319 g/mol. The van der Waals surface area contributed by atoms with Gasteiger partial charge in [0, 0.05) is 9.13 Å². The molecule has 0 aliphatic carbocycles. The van der Waals surface area contributed by atoms with Gasteiger partial charge in [-0.05, 0) is 41.6 Å². The number of rotatable bonds is 2. The molecule has 0 saturated carbocycles. The van der Waals surface area contributed by atoms with Gasteiger partial charge in [0.1, 0.15) is 0 Å². The van der Waals surface area contributed by atoms with Gasteiger partial charge in [0.2, 0.25) is 0 Å². The van der Waals surface area contributed by atoms with Gasteiger partial charge in [0.15, 0.2) is 5.78 Å². The van der Waals surface area contributed by atoms with Crippen molar-refractivity contribution < 1.29 is 14.3 Å². The van der Waals surface area contributed by atoms with Crippen LogP contribution in [0.3, 0.4) is 0 Å². The van der Waals surface area contributed by atoms with E-state index in [1.807, 2.05) is 22.6 Å². The fourth-order valence-corrected chi connectivity index (χ4v) is 1.77. The monoisotopic (exact) mass is 319 g/mol. The number of ketones is 1. The fourth-order valence-electron chi connectivity index (χ4n) is 1.14. The maximum atomic E-state index is 11.3. The first kappa shape index (κ1) is 12.0. The second kappa shape index (κ2) is 4.61. The lowest BCUT2D eigenvalue weighted by atomic mass is 10.1. The number of carbonyl (C=O) groups is 2. The number of ether oxygens (including phenoxy) is 1. The van der Waals surface area contributed by atoms with Gasteiger partial charge >= 0.3 is 5.97 Å². The minimum absolute atomic E-state index is 0.170. The number of benzene rings is 1. The molecule has 15 heavy (non-hydrogen) atoms. The van der Waals surface area contributed by atoms with Gasteiger partial charge in [0.25, 0.3) is 0 Å². The standard InChI is InChI=1S/C10H10INO3/c1-5(13)7-3-6(10(14)15-2)4-8(11)9(7)12/h3-4H,12H2,1-2H3. The first-order valence-corrected chi connectivity index (χ1v) is 5.23. The lowest BCUT2D eigenvalue weighted by Crippen LogP contribution is -2.08. The average Bonchev–Trinajstić information content (AvgIpc) is 2.20. The zero-order valence-electron chi connectivity index (χ0n) is 8.33. The zero-order valence-corrected chi connectivity index (χ0v) is 10.5. The Bertz CT molecular complexity index is 429. The summed E-state index contributed by atoms with van der Waals surface area (Å²) in [6.07, 6.45) is 0. The summed E-state index contributed by atoms with van der Waals surface area (Å²) in [5, 5.41) is 0. The Morgan fingerprint density at radius 2 is 2.00 bits per heavy atom. The maximum absolute atomic E-state index is 11.3. The van der Waals surface area contributed by atoms with Crippen molar-refractivity contribution in [2.45, 2.75) is 6.92 Å². The number of hydrogen-bond acceptors (Lipinski definition) is 4. The third kappa shape index (κ3) is 2.47. The molecule has 0 heterocycles. The van der Waals surface area contributed by atoms with Gasteiger partial charge < -0.3 is 10.5 Å². The number of anilines is 1. The zero-order chi connectivity index (χ0) is 11.6. The molecule has 0 bridgehead atoms. The van der Waals surface area contributed by atoms with Crippen molar-refractivity contribution in [3.8, 4) is 0 Å². The molecule has 0 radical (unpaired) electrons. The highest BCUT2D eigenvalue weighted by Crippen LogP contribution is 2.22. The van der Waals surface area contributed by atoms with Crippen LogP contribution >= 0.6 is 22.6 Å². The molecule has 1 aromatic rings. The highest BCUT2D eigenvalue weighted by molar-refractivity contribution is 14.1. The Kier molecular flexibility index (Phi) is 3.67. The molecule has 0 unspecified atom stereocenters. The lowest BCUT2D eigenvalue weighted by molar-refractivity contribution is 0.0600. The Labute approximate surface area is 101 Å². The van der Waals surface area contributed by atoms with Crippen LogP contribution in [-0.2, 0) is 4.74 Å². The van der Waals surface area contributed by atoms with Crippen LogP contribution in [-0.4, -0.2) is 18.9 Å². The number of Topliss-reactive ketones (excluding diaryl/α,β-unsaturated/α-hetero) is 1. The second-order valence-electron chi connectivity index (χ2n) is 2.97. The van der Waals surface area contributed by atoms with Crippen LogP contribution in [0.5, 0.6) is 0 Å². The van der Waals surface area contributed by atoms with E-state index in [4.69, 9.17) is 5.73 Å². The van der Waals surface area contributed by atoms with E-state index in [2.05, 4.69) is 4.74 Å². The molecule has 0 spiro atoms. The van der Waals surface area contributed by atoms with E-state index in [-0.39, 0.29) is 5.78 Å². The topological polar surface area (TPSA) is 69.4 Å². The largest absolute Gasteiger partial charge is 0.465 e. The molecule has 80 valence electrons. The number of nitrogen functional groups attached to an aromatic ring is 1. The molecule has 0 aliphatic rings. The summed E-state index contributed by atoms with van der Waals surface area (Å²) in [6, 6.07) is 3.04. The molecule has 0 saturated heterocycles. The summed E-state index contributed by atoms with van der Waals surface area (Å²) in [5.41, 5.74) is 6.80. The summed E-state index contributed by atoms with van der Waals surface area (Å²) in [7, 11) is 1.29. The van der Waals surface area contributed by atoms with Crippen molar-refractivity contribution in [3.63, 3.8) is 0 Å². The van der Waals surface area contributed by atoms with E-state index in [9.17, 15) is 9.59 Å². The third-order valence-corrected chi connectivity index (χ3v) is 2.82. The van der Waals surface area contributed by atoms with Gasteiger partial charge in [-0.3, -0.25) is 4.79 Å². The summed E-state index contributed by atoms with van der Waals surface area (Å²) in [5.74, 6) is -0.647. The smallest absolute Gasteiger partial charge is 0.337 e. The third-order valence-electron chi connectivity index (χ3n) is 1.93. The van der Waals surface area contributed by atoms with Gasteiger partial charge in [-0.15, -0.1) is 0 Å². The van der Waals surface area contributed by atoms with Crippen LogP contribution < -0.4 is 5.73 Å². The summed E-state index contributed by atoms with van der Waals surface area (Å²) in [4.78, 5) is 22.5. The van der Waals surface area contributed by atoms with E-state index in [1.165, 1.54) is 20.1 Å². The number of hydrogen-bond donors (Lipinski definition) is 1. The molecular weight excluding hydrogens is 309 g/mol. The second-order valence-corrected chi connectivity index (χ2v) is 4.13. The van der Waals surface area contributed by atoms with Crippen molar-refractivity contribution in [2.75, 3.05) is 12.8 Å². The molecule has 0 aromatic heterocycles. The van der Waals surface area contributed by atoms with Crippen molar-refractivity contribution in [1.29, 1.82) is 0 Å². The number of nitrogens with two attached hydrogens (primary N) is 1. The predicted octanol–water partition coefficient (Wildman–Crippen LogP) is 1.86. The van der Waals surface area contributed by atoms with Crippen LogP contribution in [0.2, 0.25) is 0 Å². The van der Waals surface area contributed by atoms with E-state index in [1.54, 1.807) is 6.07 Å². The minimum atomic E-state index is -0.476. The number of halogens is 1. The van der Waals surface area contributed by atoms with E-state index >= 15 is 0 Å². The molecule has 4 nitrogen and oxygen atoms in total. The van der Waals surface area contributed by atoms with E-state index < -0.39 is 5.97 Å². The van der Waals surface area contributed by atoms with Crippen molar-refractivity contribution in [2.24, 2.45) is 0 Å². The highest BCUT2D eigenvalue weighted by Gasteiger charge is 2.14. The van der Waals surface area contributed by atoms with Crippen molar-refractivity contribution in [1.82, 2.24) is 0 Å². The van der Waals surface area contributed by atoms with Gasteiger partial charge in [-0.2, -0.15) is 0 Å². The maximum Gasteiger partial charge on any atom is 0.337 e. The molecule has 1 rings (SSSR count). The summed E-state index contributed by atoms with van der Waals surface area (Å²) in [6.45, 7) is 1.41. The Hall–Kier alpha value is -1.11. The predicted molar refractivity (Wildman–Crippen MR) is 64.9 cm³/mol. The quantitative estimate of drug-likeness (QED) is 0.391. The lowest BCUT2D eigenvalue weighted by Gasteiger charge is -2.07. The van der Waals surface area contributed by atoms with Crippen molar-refractivity contribution >= 4 is 40.0 Å². The first-order valence-electron chi connectivity index (χ1n) is 4.15. The Morgan fingerprint density at radius 3 is 2.47 bits per heavy atom. The SMILES string of the molecule is COC(=O)c1cc(I)c(N)c(C(C)=O)c1. The Morgan fingerprint density at radius 1 is 1.40 bits per heavy atom. The van der Waals surface area contributed by atoms with Crippen LogP contribution in [0.15, 0.2) is 12.1 Å². The molecular formula is C10H10INO3. The van der Waals surface area contributed by atoms with Gasteiger partial charge in [0.05, 0.1) is 18.4 Å². The summed E-state index contributed by atoms with van der Waals surface area (Å²) < 4.78 is 5.24. The van der Waals surface area contributed by atoms with Crippen LogP contribution in [0.25, 0.3) is 0 Å². The Balaban J connectivity index is 3.35. The first-order chi connectivity index (χ1) is 6.97. The minimum Gasteiger partial charge on any atom is -0.465 e. The fraction of sp³-hybridized carbons (Fsp3) is 0.200. The van der Waals surface area contributed by atoms with E-state index in [0.29, 0.717) is 20.4 Å². The molecule has 5 heteroatoms. The number of methoxy groups -OCH3 is 1. The number of esters is 1. The molecule has 0 aliphatic heterocycles. The van der Waals surface area contributed by atoms with Gasteiger partial charge in [-0.1, -0.05) is 0 Å². The molecule has 1 aromatic carbocycles. The van der Waals surface area contributed by atoms with E-state index in [0.717, 1.165) is 0 Å². The number of carbonyl (C=O) groups excluding carboxylic acids is 2. The van der Waals surface area contributed by atoms with Crippen molar-refractivity contribution in [3.05, 3.63) is 26.8 Å². The van der Waals surface area contributed by atoms with Crippen LogP contribution in [0.4, 0.5) is 5.69 Å². The molecule has 0 fully saturated rings. The molecule has 0 amide bonds. The summed E-state index contributed by atoms with van der Waals surface area (Å²) >= 11 is 1.97. The van der Waals surface area contributed by atoms with Crippen LogP contribution in [0, 0.1) is 3.57 Å². The molecule has 2 N–H and O–H groups in total. The van der Waals surface area contributed by atoms with Gasteiger partial charge in [-0.25, -0.2) is 4.79 Å². The highest BCUT2D eigenvalue weighted by atomic mass is 127.